The lowest BCUT2D eigenvalue weighted by atomic mass is 9.90. The zero-order valence-corrected chi connectivity index (χ0v) is 17.0. The lowest BCUT2D eigenvalue weighted by molar-refractivity contribution is 0.222. The molecular formula is C22H26FN5O. The highest BCUT2D eigenvalue weighted by atomic mass is 19.1. The maximum absolute atomic E-state index is 14.4. The van der Waals surface area contributed by atoms with Crippen LogP contribution in [0.4, 0.5) is 9.18 Å². The van der Waals surface area contributed by atoms with Gasteiger partial charge in [-0.1, -0.05) is 32.8 Å². The number of hydrogen-bond acceptors (Lipinski definition) is 3. The van der Waals surface area contributed by atoms with E-state index in [0.29, 0.717) is 17.3 Å². The Labute approximate surface area is 169 Å². The molecule has 0 bridgehead atoms. The topological polar surface area (TPSA) is 62.0 Å². The highest BCUT2D eigenvalue weighted by molar-refractivity contribution is 6.07. The third-order valence-corrected chi connectivity index (χ3v) is 5.52. The Morgan fingerprint density at radius 1 is 1.28 bits per heavy atom. The summed E-state index contributed by atoms with van der Waals surface area (Å²) in [5.41, 5.74) is 2.72. The van der Waals surface area contributed by atoms with Gasteiger partial charge in [-0.05, 0) is 43.4 Å². The van der Waals surface area contributed by atoms with Gasteiger partial charge in [0.15, 0.2) is 17.6 Å². The van der Waals surface area contributed by atoms with Crippen molar-refractivity contribution >= 4 is 17.5 Å². The van der Waals surface area contributed by atoms with E-state index in [4.69, 9.17) is 0 Å². The normalized spacial score (nSPS) is 19.7. The third kappa shape index (κ3) is 3.69. The van der Waals surface area contributed by atoms with Crippen molar-refractivity contribution in [2.75, 3.05) is 0 Å². The molecule has 2 aromatic heterocycles. The van der Waals surface area contributed by atoms with Gasteiger partial charge >= 0.3 is 6.03 Å². The summed E-state index contributed by atoms with van der Waals surface area (Å²) < 4.78 is 16.1. The second-order valence-corrected chi connectivity index (χ2v) is 7.65. The number of halogens is 1. The number of imidazole rings is 1. The molecule has 1 N–H and O–H groups in total. The number of nitrogens with one attached hydrogen (secondary N) is 1. The summed E-state index contributed by atoms with van der Waals surface area (Å²) in [6.45, 7) is 6.17. The zero-order chi connectivity index (χ0) is 20.5. The average molecular weight is 395 g/mol. The van der Waals surface area contributed by atoms with Gasteiger partial charge in [0, 0.05) is 24.2 Å². The van der Waals surface area contributed by atoms with Crippen LogP contribution in [0.15, 0.2) is 47.4 Å². The largest absolute Gasteiger partial charge is 0.329 e. The maximum Gasteiger partial charge on any atom is 0.329 e. The van der Waals surface area contributed by atoms with Gasteiger partial charge in [0.25, 0.3) is 0 Å². The molecule has 0 aliphatic carbocycles. The molecule has 0 saturated carbocycles. The van der Waals surface area contributed by atoms with Crippen molar-refractivity contribution in [3.05, 3.63) is 59.5 Å². The molecule has 7 heteroatoms. The van der Waals surface area contributed by atoms with Crippen LogP contribution < -0.4 is 5.32 Å². The monoisotopic (exact) mass is 395 g/mol. The average Bonchev–Trinajstić information content (AvgIpc) is 3.09. The van der Waals surface area contributed by atoms with E-state index in [1.807, 2.05) is 19.2 Å². The molecule has 0 fully saturated rings. The lowest BCUT2D eigenvalue weighted by Gasteiger charge is -2.32. The van der Waals surface area contributed by atoms with E-state index in [2.05, 4.69) is 35.2 Å². The molecule has 29 heavy (non-hydrogen) atoms. The zero-order valence-electron chi connectivity index (χ0n) is 17.0. The summed E-state index contributed by atoms with van der Waals surface area (Å²) >= 11 is 0. The van der Waals surface area contributed by atoms with E-state index in [9.17, 15) is 9.18 Å². The number of carbonyl (C=O) groups excluding carboxylic acids is 1. The maximum atomic E-state index is 14.4. The summed E-state index contributed by atoms with van der Waals surface area (Å²) in [4.78, 5) is 23.1. The third-order valence-electron chi connectivity index (χ3n) is 5.52. The van der Waals surface area contributed by atoms with E-state index in [1.165, 1.54) is 12.5 Å². The Kier molecular flexibility index (Phi) is 5.22. The number of aromatic nitrogens is 2. The van der Waals surface area contributed by atoms with Gasteiger partial charge < -0.3 is 9.72 Å². The lowest BCUT2D eigenvalue weighted by Crippen LogP contribution is -2.47. The van der Waals surface area contributed by atoms with E-state index < -0.39 is 12.0 Å². The minimum absolute atomic E-state index is 0.255. The molecule has 2 aliphatic heterocycles. The molecule has 6 nitrogen and oxygen atoms in total. The molecule has 2 aliphatic rings. The Hall–Kier alpha value is -2.96. The standard InChI is InChI=1S/C22H26FN5O/c1-4-6-7-15(5-2)16-8-9-19-25-20(26-22(29)28(19)13-16)17-10-18(23)21-24-14(3)11-27(21)12-17/h8-13,15,20H,4-7H2,1-3H3,(H,26,29). The van der Waals surface area contributed by atoms with Crippen LogP contribution in [-0.2, 0) is 0 Å². The first-order chi connectivity index (χ1) is 14.0. The van der Waals surface area contributed by atoms with Gasteiger partial charge in [0.1, 0.15) is 5.84 Å². The van der Waals surface area contributed by atoms with Crippen LogP contribution in [0.3, 0.4) is 0 Å². The molecular weight excluding hydrogens is 369 g/mol. The van der Waals surface area contributed by atoms with Crippen LogP contribution in [0.2, 0.25) is 0 Å². The molecule has 2 aromatic rings. The molecule has 0 spiro atoms. The van der Waals surface area contributed by atoms with E-state index in [1.54, 1.807) is 21.7 Å². The summed E-state index contributed by atoms with van der Waals surface area (Å²) in [7, 11) is 0. The second-order valence-electron chi connectivity index (χ2n) is 7.65. The van der Waals surface area contributed by atoms with E-state index in [-0.39, 0.29) is 11.7 Å². The number of rotatable bonds is 6. The Balaban J connectivity index is 1.62. The van der Waals surface area contributed by atoms with Crippen LogP contribution in [0.5, 0.6) is 0 Å². The van der Waals surface area contributed by atoms with Crippen molar-refractivity contribution in [2.24, 2.45) is 10.9 Å². The highest BCUT2D eigenvalue weighted by Gasteiger charge is 2.30. The fourth-order valence-electron chi connectivity index (χ4n) is 3.93. The number of fused-ring (bicyclic) bond motifs is 2. The number of allylic oxidation sites excluding steroid dienone is 2. The summed E-state index contributed by atoms with van der Waals surface area (Å²) in [6.07, 6.45) is 13.2. The Morgan fingerprint density at radius 3 is 2.86 bits per heavy atom. The second kappa shape index (κ2) is 7.81. The molecule has 2 unspecified atom stereocenters. The number of unbranched alkanes of at least 4 members (excludes halogenated alkanes) is 1. The van der Waals surface area contributed by atoms with Crippen molar-refractivity contribution in [3.63, 3.8) is 0 Å². The molecule has 2 atom stereocenters. The quantitative estimate of drug-likeness (QED) is 0.758. The first-order valence-electron chi connectivity index (χ1n) is 10.2. The van der Waals surface area contributed by atoms with Gasteiger partial charge in [-0.3, -0.25) is 4.90 Å². The summed E-state index contributed by atoms with van der Waals surface area (Å²) in [6, 6.07) is 1.13. The number of nitrogens with zero attached hydrogens (tertiary/aromatic N) is 4. The number of pyridine rings is 1. The highest BCUT2D eigenvalue weighted by Crippen LogP contribution is 2.29. The van der Waals surface area contributed by atoms with E-state index >= 15 is 0 Å². The number of carbonyl (C=O) groups is 1. The molecule has 0 aromatic carbocycles. The van der Waals surface area contributed by atoms with Crippen LogP contribution >= 0.6 is 0 Å². The number of amidine groups is 1. The first kappa shape index (κ1) is 19.4. The summed E-state index contributed by atoms with van der Waals surface area (Å²) in [5.74, 6) is 0.560. The number of hydrogen-bond donors (Lipinski definition) is 1. The van der Waals surface area contributed by atoms with Crippen molar-refractivity contribution in [2.45, 2.75) is 52.6 Å². The van der Waals surface area contributed by atoms with Crippen molar-refractivity contribution in [1.29, 1.82) is 0 Å². The fourth-order valence-corrected chi connectivity index (χ4v) is 3.93. The number of amides is 2. The minimum atomic E-state index is -0.642. The minimum Gasteiger partial charge on any atom is -0.311 e. The fraction of sp³-hybridized carbons (Fsp3) is 0.409. The Bertz CT molecular complexity index is 1040. The van der Waals surface area contributed by atoms with Crippen molar-refractivity contribution in [1.82, 2.24) is 19.6 Å². The number of aryl methyl sites for hydroxylation is 1. The van der Waals surface area contributed by atoms with Gasteiger partial charge in [-0.25, -0.2) is 19.2 Å². The predicted octanol–water partition coefficient (Wildman–Crippen LogP) is 4.87. The number of aliphatic imine (C=N–C) groups is 1. The van der Waals surface area contributed by atoms with Crippen molar-refractivity contribution < 1.29 is 9.18 Å². The molecule has 152 valence electrons. The van der Waals surface area contributed by atoms with E-state index in [0.717, 1.165) is 30.5 Å². The van der Waals surface area contributed by atoms with Crippen LogP contribution in [0, 0.1) is 18.7 Å². The molecule has 0 saturated heterocycles. The molecule has 4 heterocycles. The van der Waals surface area contributed by atoms with Crippen LogP contribution in [-0.4, -0.2) is 26.2 Å². The van der Waals surface area contributed by atoms with Crippen LogP contribution in [0.1, 0.15) is 57.0 Å². The van der Waals surface area contributed by atoms with Gasteiger partial charge in [0.2, 0.25) is 0 Å². The molecule has 2 amide bonds. The predicted molar refractivity (Wildman–Crippen MR) is 111 cm³/mol. The van der Waals surface area contributed by atoms with Gasteiger partial charge in [-0.2, -0.15) is 0 Å². The SMILES string of the molecule is CCCCC(CC)C1=CN2C(=O)NC(c3cc(F)c4nc(C)cn4c3)N=C2C=C1. The van der Waals surface area contributed by atoms with Crippen molar-refractivity contribution in [3.8, 4) is 0 Å². The first-order valence-corrected chi connectivity index (χ1v) is 10.2. The Morgan fingerprint density at radius 2 is 2.10 bits per heavy atom. The molecule has 0 radical (unpaired) electrons. The van der Waals surface area contributed by atoms with Crippen LogP contribution in [0.25, 0.3) is 5.65 Å². The van der Waals surface area contributed by atoms with Gasteiger partial charge in [-0.15, -0.1) is 0 Å². The smallest absolute Gasteiger partial charge is 0.311 e. The number of urea groups is 1. The van der Waals surface area contributed by atoms with Gasteiger partial charge in [0.05, 0.1) is 5.69 Å². The molecule has 4 rings (SSSR count). The summed E-state index contributed by atoms with van der Waals surface area (Å²) in [5, 5.41) is 2.87.